The zero-order chi connectivity index (χ0) is 17.5. The van der Waals surface area contributed by atoms with Gasteiger partial charge in [-0.25, -0.2) is 4.79 Å². The standard InChI is InChI=1S/C20H20O4/c1-14-4-5-16(12-15(14)2)6-11-19(21)17-7-9-18(10-8-17)24-13-20(22)23-3/h4-12H,13H2,1-3H3. The summed E-state index contributed by atoms with van der Waals surface area (Å²) in [5.74, 6) is -0.0330. The number of benzene rings is 2. The van der Waals surface area contributed by atoms with Gasteiger partial charge < -0.3 is 9.47 Å². The lowest BCUT2D eigenvalue weighted by Gasteiger charge is -2.05. The Kier molecular flexibility index (Phi) is 5.90. The predicted molar refractivity (Wildman–Crippen MR) is 93.2 cm³/mol. The maximum Gasteiger partial charge on any atom is 0.343 e. The molecule has 0 aliphatic carbocycles. The molecule has 0 N–H and O–H groups in total. The summed E-state index contributed by atoms with van der Waals surface area (Å²) >= 11 is 0. The normalized spacial score (nSPS) is 10.6. The first kappa shape index (κ1) is 17.5. The van der Waals surface area contributed by atoms with Crippen LogP contribution in [0.25, 0.3) is 6.08 Å². The Morgan fingerprint density at radius 2 is 1.71 bits per heavy atom. The van der Waals surface area contributed by atoms with Gasteiger partial charge in [-0.05, 0) is 60.9 Å². The number of aryl methyl sites for hydroxylation is 2. The number of ether oxygens (including phenoxy) is 2. The van der Waals surface area contributed by atoms with Gasteiger partial charge in [-0.15, -0.1) is 0 Å². The van der Waals surface area contributed by atoms with Crippen LogP contribution in [0, 0.1) is 13.8 Å². The number of allylic oxidation sites excluding steroid dienone is 1. The Morgan fingerprint density at radius 1 is 1.00 bits per heavy atom. The van der Waals surface area contributed by atoms with Crippen LogP contribution in [0.1, 0.15) is 27.0 Å². The second-order valence-electron chi connectivity index (χ2n) is 5.43. The SMILES string of the molecule is COC(=O)COc1ccc(C(=O)C=Cc2ccc(C)c(C)c2)cc1. The molecular weight excluding hydrogens is 304 g/mol. The number of hydrogen-bond acceptors (Lipinski definition) is 4. The molecule has 2 aromatic carbocycles. The third-order valence-electron chi connectivity index (χ3n) is 3.68. The van der Waals surface area contributed by atoms with Crippen LogP contribution >= 0.6 is 0 Å². The Balaban J connectivity index is 2.00. The molecule has 0 aliphatic heterocycles. The van der Waals surface area contributed by atoms with Gasteiger partial charge in [-0.3, -0.25) is 4.79 Å². The average Bonchev–Trinajstić information content (AvgIpc) is 2.60. The van der Waals surface area contributed by atoms with Crippen LogP contribution in [0.5, 0.6) is 5.75 Å². The summed E-state index contributed by atoms with van der Waals surface area (Å²) in [7, 11) is 1.30. The number of carbonyl (C=O) groups is 2. The Labute approximate surface area is 141 Å². The van der Waals surface area contributed by atoms with Crippen LogP contribution in [0.4, 0.5) is 0 Å². The fourth-order valence-electron chi connectivity index (χ4n) is 2.05. The minimum atomic E-state index is -0.452. The van der Waals surface area contributed by atoms with E-state index < -0.39 is 5.97 Å². The quantitative estimate of drug-likeness (QED) is 0.461. The van der Waals surface area contributed by atoms with Gasteiger partial charge in [0, 0.05) is 5.56 Å². The van der Waals surface area contributed by atoms with Crippen LogP contribution in [-0.4, -0.2) is 25.5 Å². The molecule has 0 unspecified atom stereocenters. The molecule has 0 heterocycles. The molecule has 0 radical (unpaired) electrons. The minimum Gasteiger partial charge on any atom is -0.482 e. The number of rotatable bonds is 6. The van der Waals surface area contributed by atoms with E-state index in [1.165, 1.54) is 18.2 Å². The van der Waals surface area contributed by atoms with Crippen molar-refractivity contribution in [1.82, 2.24) is 0 Å². The van der Waals surface area contributed by atoms with Crippen LogP contribution in [0.15, 0.2) is 48.5 Å². The first-order chi connectivity index (χ1) is 11.5. The van der Waals surface area contributed by atoms with E-state index >= 15 is 0 Å². The smallest absolute Gasteiger partial charge is 0.343 e. The molecule has 0 aliphatic rings. The third-order valence-corrected chi connectivity index (χ3v) is 3.68. The van der Waals surface area contributed by atoms with Crippen molar-refractivity contribution in [3.05, 3.63) is 70.8 Å². The molecular formula is C20H20O4. The fourth-order valence-corrected chi connectivity index (χ4v) is 2.05. The number of esters is 1. The van der Waals surface area contributed by atoms with Crippen molar-refractivity contribution in [2.45, 2.75) is 13.8 Å². The molecule has 24 heavy (non-hydrogen) atoms. The van der Waals surface area contributed by atoms with Crippen molar-refractivity contribution >= 4 is 17.8 Å². The molecule has 2 rings (SSSR count). The summed E-state index contributed by atoms with van der Waals surface area (Å²) in [5.41, 5.74) is 3.96. The number of carbonyl (C=O) groups excluding carboxylic acids is 2. The summed E-state index contributed by atoms with van der Waals surface area (Å²) in [4.78, 5) is 23.2. The lowest BCUT2D eigenvalue weighted by atomic mass is 10.0. The first-order valence-electron chi connectivity index (χ1n) is 7.59. The van der Waals surface area contributed by atoms with E-state index in [0.717, 1.165) is 5.56 Å². The zero-order valence-electron chi connectivity index (χ0n) is 14.0. The highest BCUT2D eigenvalue weighted by atomic mass is 16.6. The largest absolute Gasteiger partial charge is 0.482 e. The van der Waals surface area contributed by atoms with E-state index in [-0.39, 0.29) is 12.4 Å². The van der Waals surface area contributed by atoms with Crippen molar-refractivity contribution in [3.8, 4) is 5.75 Å². The van der Waals surface area contributed by atoms with Gasteiger partial charge in [-0.1, -0.05) is 24.3 Å². The van der Waals surface area contributed by atoms with E-state index in [1.54, 1.807) is 36.4 Å². The first-order valence-corrected chi connectivity index (χ1v) is 7.59. The van der Waals surface area contributed by atoms with Crippen LogP contribution in [0.3, 0.4) is 0 Å². The summed E-state index contributed by atoms with van der Waals surface area (Å²) in [6.45, 7) is 3.94. The van der Waals surface area contributed by atoms with Crippen molar-refractivity contribution in [2.75, 3.05) is 13.7 Å². The summed E-state index contributed by atoms with van der Waals surface area (Å²) in [5, 5.41) is 0. The van der Waals surface area contributed by atoms with E-state index in [0.29, 0.717) is 11.3 Å². The molecule has 0 saturated heterocycles. The van der Waals surface area contributed by atoms with Crippen LogP contribution in [0.2, 0.25) is 0 Å². The lowest BCUT2D eigenvalue weighted by molar-refractivity contribution is -0.142. The Morgan fingerprint density at radius 3 is 2.33 bits per heavy atom. The number of hydrogen-bond donors (Lipinski definition) is 0. The van der Waals surface area contributed by atoms with Gasteiger partial charge in [0.25, 0.3) is 0 Å². The zero-order valence-corrected chi connectivity index (χ0v) is 14.0. The maximum absolute atomic E-state index is 12.2. The molecule has 0 fully saturated rings. The molecule has 0 spiro atoms. The van der Waals surface area contributed by atoms with Gasteiger partial charge in [0.2, 0.25) is 0 Å². The molecule has 0 bridgehead atoms. The second kappa shape index (κ2) is 8.11. The Bertz CT molecular complexity index is 758. The summed E-state index contributed by atoms with van der Waals surface area (Å²) in [6.07, 6.45) is 3.35. The average molecular weight is 324 g/mol. The van der Waals surface area contributed by atoms with Gasteiger partial charge in [0.15, 0.2) is 12.4 Å². The molecule has 124 valence electrons. The molecule has 4 heteroatoms. The summed E-state index contributed by atoms with van der Waals surface area (Å²) in [6, 6.07) is 12.7. The lowest BCUT2D eigenvalue weighted by Crippen LogP contribution is -2.12. The van der Waals surface area contributed by atoms with Gasteiger partial charge in [0.1, 0.15) is 5.75 Å². The van der Waals surface area contributed by atoms with Crippen LogP contribution in [-0.2, 0) is 9.53 Å². The topological polar surface area (TPSA) is 52.6 Å². The van der Waals surface area contributed by atoms with Crippen LogP contribution < -0.4 is 4.74 Å². The number of methoxy groups -OCH3 is 1. The fraction of sp³-hybridized carbons (Fsp3) is 0.200. The van der Waals surface area contributed by atoms with Crippen molar-refractivity contribution < 1.29 is 19.1 Å². The second-order valence-corrected chi connectivity index (χ2v) is 5.43. The summed E-state index contributed by atoms with van der Waals surface area (Å²) < 4.78 is 9.74. The predicted octanol–water partition coefficient (Wildman–Crippen LogP) is 3.75. The molecule has 4 nitrogen and oxygen atoms in total. The molecule has 0 amide bonds. The number of ketones is 1. The molecule has 0 atom stereocenters. The van der Waals surface area contributed by atoms with Crippen molar-refractivity contribution in [3.63, 3.8) is 0 Å². The highest BCUT2D eigenvalue weighted by molar-refractivity contribution is 6.06. The minimum absolute atomic E-state index is 0.0901. The molecule has 0 aromatic heterocycles. The highest BCUT2D eigenvalue weighted by Gasteiger charge is 2.05. The molecule has 0 saturated carbocycles. The maximum atomic E-state index is 12.2. The van der Waals surface area contributed by atoms with Crippen molar-refractivity contribution in [1.29, 1.82) is 0 Å². The van der Waals surface area contributed by atoms with E-state index in [2.05, 4.69) is 11.7 Å². The molecule has 2 aromatic rings. The van der Waals surface area contributed by atoms with Gasteiger partial charge >= 0.3 is 5.97 Å². The van der Waals surface area contributed by atoms with E-state index in [4.69, 9.17) is 4.74 Å². The Hall–Kier alpha value is -2.88. The van der Waals surface area contributed by atoms with Crippen molar-refractivity contribution in [2.24, 2.45) is 0 Å². The third kappa shape index (κ3) is 4.81. The highest BCUT2D eigenvalue weighted by Crippen LogP contribution is 2.15. The van der Waals surface area contributed by atoms with E-state index in [9.17, 15) is 9.59 Å². The van der Waals surface area contributed by atoms with E-state index in [1.807, 2.05) is 25.1 Å². The van der Waals surface area contributed by atoms with Gasteiger partial charge in [-0.2, -0.15) is 0 Å². The monoisotopic (exact) mass is 324 g/mol. The van der Waals surface area contributed by atoms with Gasteiger partial charge in [0.05, 0.1) is 7.11 Å².